The SMILES string of the molecule is O=C1c2[nH]c3ccccc3c2CC1CC1CCN(Cc2ccccc2)CC1. The lowest BCUT2D eigenvalue weighted by molar-refractivity contribution is 0.0892. The third-order valence-corrected chi connectivity index (χ3v) is 6.46. The van der Waals surface area contributed by atoms with Crippen molar-refractivity contribution in [2.45, 2.75) is 32.2 Å². The third kappa shape index (κ3) is 3.21. The molecule has 1 unspecified atom stereocenters. The number of para-hydroxylation sites is 1. The number of hydrogen-bond donors (Lipinski definition) is 1. The molecule has 1 aliphatic carbocycles. The molecule has 5 rings (SSSR count). The minimum atomic E-state index is 0.182. The smallest absolute Gasteiger partial charge is 0.182 e. The van der Waals surface area contributed by atoms with Crippen molar-refractivity contribution in [1.29, 1.82) is 0 Å². The quantitative estimate of drug-likeness (QED) is 0.725. The molecule has 0 radical (unpaired) electrons. The van der Waals surface area contributed by atoms with Crippen LogP contribution in [-0.4, -0.2) is 28.8 Å². The van der Waals surface area contributed by atoms with Gasteiger partial charge in [0.05, 0.1) is 5.69 Å². The van der Waals surface area contributed by atoms with E-state index in [0.717, 1.165) is 43.7 Å². The monoisotopic (exact) mass is 358 g/mol. The van der Waals surface area contributed by atoms with E-state index >= 15 is 0 Å². The van der Waals surface area contributed by atoms with Crippen LogP contribution in [-0.2, 0) is 13.0 Å². The van der Waals surface area contributed by atoms with Gasteiger partial charge in [0.25, 0.3) is 0 Å². The van der Waals surface area contributed by atoms with Gasteiger partial charge in [-0.05, 0) is 61.9 Å². The Labute approximate surface area is 160 Å². The number of Topliss-reactive ketones (excluding diaryl/α,β-unsaturated/α-hetero) is 1. The zero-order valence-electron chi connectivity index (χ0n) is 15.7. The lowest BCUT2D eigenvalue weighted by Gasteiger charge is -2.33. The molecule has 138 valence electrons. The summed E-state index contributed by atoms with van der Waals surface area (Å²) in [6, 6.07) is 19.0. The predicted octanol–water partition coefficient (Wildman–Crippen LogP) is 4.83. The second-order valence-corrected chi connectivity index (χ2v) is 8.23. The minimum absolute atomic E-state index is 0.182. The van der Waals surface area contributed by atoms with Crippen LogP contribution in [0.5, 0.6) is 0 Å². The Morgan fingerprint density at radius 1 is 0.963 bits per heavy atom. The van der Waals surface area contributed by atoms with Crippen LogP contribution in [0.15, 0.2) is 54.6 Å². The zero-order valence-corrected chi connectivity index (χ0v) is 15.7. The van der Waals surface area contributed by atoms with Crippen LogP contribution in [0.2, 0.25) is 0 Å². The molecule has 0 amide bonds. The Morgan fingerprint density at radius 3 is 2.52 bits per heavy atom. The molecule has 2 aliphatic rings. The summed E-state index contributed by atoms with van der Waals surface area (Å²) >= 11 is 0. The Kier molecular flexibility index (Phi) is 4.33. The summed E-state index contributed by atoms with van der Waals surface area (Å²) in [6.45, 7) is 3.34. The van der Waals surface area contributed by atoms with Gasteiger partial charge >= 0.3 is 0 Å². The number of likely N-dealkylation sites (tertiary alicyclic amines) is 1. The zero-order chi connectivity index (χ0) is 18.2. The van der Waals surface area contributed by atoms with Gasteiger partial charge in [0.1, 0.15) is 0 Å². The minimum Gasteiger partial charge on any atom is -0.352 e. The Balaban J connectivity index is 1.19. The summed E-state index contributed by atoms with van der Waals surface area (Å²) < 4.78 is 0. The third-order valence-electron chi connectivity index (χ3n) is 6.46. The number of hydrogen-bond acceptors (Lipinski definition) is 2. The number of H-pyrrole nitrogens is 1. The van der Waals surface area contributed by atoms with Gasteiger partial charge < -0.3 is 4.98 Å². The number of carbonyl (C=O) groups excluding carboxylic acids is 1. The first kappa shape index (κ1) is 16.8. The molecule has 2 heterocycles. The van der Waals surface area contributed by atoms with Gasteiger partial charge in [0.15, 0.2) is 5.78 Å². The van der Waals surface area contributed by atoms with Crippen molar-refractivity contribution in [3.8, 4) is 0 Å². The van der Waals surface area contributed by atoms with Gasteiger partial charge in [0, 0.05) is 23.4 Å². The summed E-state index contributed by atoms with van der Waals surface area (Å²) in [6.07, 6.45) is 4.40. The average Bonchev–Trinajstić information content (AvgIpc) is 3.21. The van der Waals surface area contributed by atoms with Crippen LogP contribution in [0.4, 0.5) is 0 Å². The molecule has 1 atom stereocenters. The summed E-state index contributed by atoms with van der Waals surface area (Å²) in [5.74, 6) is 1.20. The molecule has 3 heteroatoms. The van der Waals surface area contributed by atoms with Crippen LogP contribution in [0, 0.1) is 11.8 Å². The highest BCUT2D eigenvalue weighted by molar-refractivity contribution is 6.06. The second-order valence-electron chi connectivity index (χ2n) is 8.23. The summed E-state index contributed by atoms with van der Waals surface area (Å²) in [5, 5.41) is 1.24. The summed E-state index contributed by atoms with van der Waals surface area (Å²) in [5.41, 5.74) is 4.63. The van der Waals surface area contributed by atoms with E-state index in [1.54, 1.807) is 0 Å². The summed E-state index contributed by atoms with van der Waals surface area (Å²) in [7, 11) is 0. The predicted molar refractivity (Wildman–Crippen MR) is 109 cm³/mol. The maximum absolute atomic E-state index is 12.9. The number of nitrogens with one attached hydrogen (secondary N) is 1. The van der Waals surface area contributed by atoms with Gasteiger partial charge in [0.2, 0.25) is 0 Å². The van der Waals surface area contributed by atoms with Crippen molar-refractivity contribution in [2.24, 2.45) is 11.8 Å². The number of fused-ring (bicyclic) bond motifs is 3. The number of rotatable bonds is 4. The molecule has 0 saturated carbocycles. The number of benzene rings is 2. The van der Waals surface area contributed by atoms with Crippen LogP contribution >= 0.6 is 0 Å². The van der Waals surface area contributed by atoms with Gasteiger partial charge in [-0.3, -0.25) is 9.69 Å². The van der Waals surface area contributed by atoms with E-state index in [0.29, 0.717) is 11.7 Å². The molecule has 1 fully saturated rings. The lowest BCUT2D eigenvalue weighted by atomic mass is 9.85. The first-order valence-corrected chi connectivity index (χ1v) is 10.2. The first-order chi connectivity index (χ1) is 13.3. The van der Waals surface area contributed by atoms with Gasteiger partial charge in [-0.25, -0.2) is 0 Å². The molecular formula is C24H26N2O. The van der Waals surface area contributed by atoms with Crippen LogP contribution in [0.1, 0.15) is 40.9 Å². The molecule has 3 nitrogen and oxygen atoms in total. The van der Waals surface area contributed by atoms with E-state index in [9.17, 15) is 4.79 Å². The van der Waals surface area contributed by atoms with Gasteiger partial charge in [-0.2, -0.15) is 0 Å². The van der Waals surface area contributed by atoms with E-state index in [4.69, 9.17) is 0 Å². The molecule has 0 spiro atoms. The number of piperidine rings is 1. The standard InChI is InChI=1S/C24H26N2O/c27-24-19(15-21-20-8-4-5-9-22(20)25-23(21)24)14-17-10-12-26(13-11-17)16-18-6-2-1-3-7-18/h1-9,17,19,25H,10-16H2. The van der Waals surface area contributed by atoms with Crippen molar-refractivity contribution in [3.05, 3.63) is 71.4 Å². The van der Waals surface area contributed by atoms with E-state index in [2.05, 4.69) is 58.4 Å². The first-order valence-electron chi connectivity index (χ1n) is 10.2. The van der Waals surface area contributed by atoms with E-state index < -0.39 is 0 Å². The van der Waals surface area contributed by atoms with E-state index in [1.165, 1.54) is 29.4 Å². The Hall–Kier alpha value is -2.39. The number of aromatic amines is 1. The molecule has 27 heavy (non-hydrogen) atoms. The van der Waals surface area contributed by atoms with Crippen molar-refractivity contribution in [3.63, 3.8) is 0 Å². The number of ketones is 1. The van der Waals surface area contributed by atoms with Crippen molar-refractivity contribution < 1.29 is 4.79 Å². The molecule has 3 aromatic rings. The highest BCUT2D eigenvalue weighted by Crippen LogP contribution is 2.37. The van der Waals surface area contributed by atoms with Crippen LogP contribution < -0.4 is 0 Å². The van der Waals surface area contributed by atoms with Crippen molar-refractivity contribution in [1.82, 2.24) is 9.88 Å². The van der Waals surface area contributed by atoms with Crippen LogP contribution in [0.3, 0.4) is 0 Å². The number of nitrogens with zero attached hydrogens (tertiary/aromatic N) is 1. The summed E-state index contributed by atoms with van der Waals surface area (Å²) in [4.78, 5) is 18.8. The molecule has 0 bridgehead atoms. The maximum Gasteiger partial charge on any atom is 0.182 e. The topological polar surface area (TPSA) is 36.1 Å². The highest BCUT2D eigenvalue weighted by atomic mass is 16.1. The fourth-order valence-corrected chi connectivity index (χ4v) is 4.98. The van der Waals surface area contributed by atoms with Crippen LogP contribution in [0.25, 0.3) is 10.9 Å². The van der Waals surface area contributed by atoms with Gasteiger partial charge in [-0.15, -0.1) is 0 Å². The lowest BCUT2D eigenvalue weighted by Crippen LogP contribution is -2.34. The molecule has 1 aliphatic heterocycles. The van der Waals surface area contributed by atoms with E-state index in [1.807, 2.05) is 6.07 Å². The Morgan fingerprint density at radius 2 is 1.70 bits per heavy atom. The number of aromatic nitrogens is 1. The number of carbonyl (C=O) groups is 1. The fourth-order valence-electron chi connectivity index (χ4n) is 4.98. The second kappa shape index (κ2) is 6.97. The highest BCUT2D eigenvalue weighted by Gasteiger charge is 2.35. The largest absolute Gasteiger partial charge is 0.352 e. The van der Waals surface area contributed by atoms with Crippen molar-refractivity contribution >= 4 is 16.7 Å². The molecule has 1 saturated heterocycles. The van der Waals surface area contributed by atoms with E-state index in [-0.39, 0.29) is 5.92 Å². The maximum atomic E-state index is 12.9. The normalized spacial score (nSPS) is 21.0. The molecular weight excluding hydrogens is 332 g/mol. The molecule has 1 N–H and O–H groups in total. The average molecular weight is 358 g/mol. The Bertz CT molecular complexity index is 951. The van der Waals surface area contributed by atoms with Crippen molar-refractivity contribution in [2.75, 3.05) is 13.1 Å². The van der Waals surface area contributed by atoms with Gasteiger partial charge in [-0.1, -0.05) is 48.5 Å². The molecule has 1 aromatic heterocycles. The molecule has 2 aromatic carbocycles. The fraction of sp³-hybridized carbons (Fsp3) is 0.375.